The zero-order chi connectivity index (χ0) is 12.1. The van der Waals surface area contributed by atoms with Crippen LogP contribution in [0.3, 0.4) is 0 Å². The molecule has 88 valence electrons. The highest BCUT2D eigenvalue weighted by Gasteiger charge is 2.05. The number of hydrogen-bond donors (Lipinski definition) is 1. The fourth-order valence-electron chi connectivity index (χ4n) is 1.23. The Morgan fingerprint density at radius 2 is 2.19 bits per heavy atom. The van der Waals surface area contributed by atoms with Crippen molar-refractivity contribution >= 4 is 5.97 Å². The fraction of sp³-hybridized carbons (Fsp3) is 0.500. The molecular formula is C10H14N2O4. The molecular weight excluding hydrogens is 212 g/mol. The highest BCUT2D eigenvalue weighted by Crippen LogP contribution is 1.91. The number of nitrogens with zero attached hydrogens (tertiary/aromatic N) is 1. The number of nitrogens with one attached hydrogen (secondary N) is 1. The molecule has 0 atom stereocenters. The van der Waals surface area contributed by atoms with Crippen molar-refractivity contribution in [2.75, 3.05) is 6.61 Å². The number of ether oxygens (including phenoxy) is 1. The molecule has 0 aliphatic carbocycles. The summed E-state index contributed by atoms with van der Waals surface area (Å²) in [5.41, 5.74) is -0.485. The highest BCUT2D eigenvalue weighted by atomic mass is 16.5. The molecule has 0 amide bonds. The first-order valence-corrected chi connectivity index (χ1v) is 5.00. The van der Waals surface area contributed by atoms with Gasteiger partial charge in [0.25, 0.3) is 5.56 Å². The van der Waals surface area contributed by atoms with E-state index in [1.807, 2.05) is 0 Å². The maximum absolute atomic E-state index is 11.3. The van der Waals surface area contributed by atoms with Crippen LogP contribution in [-0.4, -0.2) is 22.1 Å². The van der Waals surface area contributed by atoms with Crippen molar-refractivity contribution in [3.8, 4) is 0 Å². The Labute approximate surface area is 91.9 Å². The molecule has 1 aromatic rings. The maximum atomic E-state index is 11.3. The van der Waals surface area contributed by atoms with Crippen molar-refractivity contribution in [1.29, 1.82) is 0 Å². The number of aromatic nitrogens is 2. The van der Waals surface area contributed by atoms with Crippen molar-refractivity contribution in [3.63, 3.8) is 0 Å². The minimum absolute atomic E-state index is 0.110. The van der Waals surface area contributed by atoms with Crippen molar-refractivity contribution < 1.29 is 9.53 Å². The molecule has 6 heteroatoms. The minimum atomic E-state index is -0.514. The summed E-state index contributed by atoms with van der Waals surface area (Å²) in [7, 11) is 0. The highest BCUT2D eigenvalue weighted by molar-refractivity contribution is 5.69. The molecule has 0 saturated heterocycles. The van der Waals surface area contributed by atoms with Crippen LogP contribution in [0, 0.1) is 6.92 Å². The van der Waals surface area contributed by atoms with E-state index in [1.54, 1.807) is 13.8 Å². The second kappa shape index (κ2) is 5.29. The molecule has 0 aliphatic heterocycles. The molecule has 0 aromatic carbocycles. The van der Waals surface area contributed by atoms with Crippen LogP contribution in [-0.2, 0) is 16.1 Å². The van der Waals surface area contributed by atoms with Gasteiger partial charge in [-0.15, -0.1) is 0 Å². The molecule has 0 spiro atoms. The second-order valence-electron chi connectivity index (χ2n) is 3.32. The van der Waals surface area contributed by atoms with Gasteiger partial charge in [0.2, 0.25) is 0 Å². The second-order valence-corrected chi connectivity index (χ2v) is 3.32. The van der Waals surface area contributed by atoms with Gasteiger partial charge in [-0.2, -0.15) is 0 Å². The average Bonchev–Trinajstić information content (AvgIpc) is 2.22. The van der Waals surface area contributed by atoms with Crippen LogP contribution in [0.2, 0.25) is 0 Å². The van der Waals surface area contributed by atoms with Crippen LogP contribution < -0.4 is 11.2 Å². The summed E-state index contributed by atoms with van der Waals surface area (Å²) < 4.78 is 6.02. The lowest BCUT2D eigenvalue weighted by Gasteiger charge is -2.05. The standard InChI is InChI=1S/C10H14N2O4/c1-3-16-8(13)4-5-12-6-7(2)9(14)11-10(12)15/h6H,3-5H2,1-2H3,(H,11,14,15). The fourth-order valence-corrected chi connectivity index (χ4v) is 1.23. The molecule has 1 N–H and O–H groups in total. The largest absolute Gasteiger partial charge is 0.466 e. The third kappa shape index (κ3) is 3.08. The number of aryl methyl sites for hydroxylation is 2. The van der Waals surface area contributed by atoms with Gasteiger partial charge >= 0.3 is 11.7 Å². The van der Waals surface area contributed by atoms with Gasteiger partial charge in [0.1, 0.15) is 0 Å². The smallest absolute Gasteiger partial charge is 0.328 e. The molecule has 1 rings (SSSR count). The van der Waals surface area contributed by atoms with E-state index in [0.717, 1.165) is 0 Å². The quantitative estimate of drug-likeness (QED) is 0.721. The van der Waals surface area contributed by atoms with E-state index in [4.69, 9.17) is 4.74 Å². The summed E-state index contributed by atoms with van der Waals surface area (Å²) in [6.07, 6.45) is 1.54. The minimum Gasteiger partial charge on any atom is -0.466 e. The van der Waals surface area contributed by atoms with E-state index in [2.05, 4.69) is 4.98 Å². The van der Waals surface area contributed by atoms with Crippen LogP contribution in [0.1, 0.15) is 18.9 Å². The zero-order valence-corrected chi connectivity index (χ0v) is 9.28. The third-order valence-electron chi connectivity index (χ3n) is 2.05. The molecule has 1 heterocycles. The first-order valence-electron chi connectivity index (χ1n) is 5.00. The Kier molecular flexibility index (Phi) is 4.04. The van der Waals surface area contributed by atoms with E-state index in [-0.39, 0.29) is 18.9 Å². The van der Waals surface area contributed by atoms with E-state index in [0.29, 0.717) is 12.2 Å². The van der Waals surface area contributed by atoms with Gasteiger partial charge in [-0.25, -0.2) is 4.79 Å². The van der Waals surface area contributed by atoms with Gasteiger partial charge in [-0.1, -0.05) is 0 Å². The SMILES string of the molecule is CCOC(=O)CCn1cc(C)c(=O)[nH]c1=O. The summed E-state index contributed by atoms with van der Waals surface area (Å²) in [6.45, 7) is 3.83. The Hall–Kier alpha value is -1.85. The molecule has 0 saturated carbocycles. The maximum Gasteiger partial charge on any atom is 0.328 e. The van der Waals surface area contributed by atoms with Crippen LogP contribution in [0.5, 0.6) is 0 Å². The van der Waals surface area contributed by atoms with E-state index in [1.165, 1.54) is 10.8 Å². The number of carbonyl (C=O) groups is 1. The molecule has 0 aliphatic rings. The number of H-pyrrole nitrogens is 1. The van der Waals surface area contributed by atoms with Crippen molar-refractivity contribution in [2.45, 2.75) is 26.8 Å². The summed E-state index contributed by atoms with van der Waals surface area (Å²) in [4.78, 5) is 35.6. The average molecular weight is 226 g/mol. The zero-order valence-electron chi connectivity index (χ0n) is 9.28. The van der Waals surface area contributed by atoms with Crippen LogP contribution in [0.15, 0.2) is 15.8 Å². The summed E-state index contributed by atoms with van der Waals surface area (Å²) >= 11 is 0. The first-order chi connectivity index (χ1) is 7.54. The molecule has 16 heavy (non-hydrogen) atoms. The number of carbonyl (C=O) groups excluding carboxylic acids is 1. The normalized spacial score (nSPS) is 10.1. The number of hydrogen-bond acceptors (Lipinski definition) is 4. The van der Waals surface area contributed by atoms with E-state index in [9.17, 15) is 14.4 Å². The number of esters is 1. The predicted molar refractivity (Wildman–Crippen MR) is 57.3 cm³/mol. The molecule has 0 fully saturated rings. The molecule has 0 unspecified atom stereocenters. The first kappa shape index (κ1) is 12.2. The van der Waals surface area contributed by atoms with E-state index < -0.39 is 11.2 Å². The summed E-state index contributed by atoms with van der Waals surface area (Å²) in [5.74, 6) is -0.363. The molecule has 0 radical (unpaired) electrons. The number of aromatic amines is 1. The Bertz CT molecular complexity index is 486. The Balaban J connectivity index is 2.75. The molecule has 6 nitrogen and oxygen atoms in total. The Morgan fingerprint density at radius 3 is 2.81 bits per heavy atom. The van der Waals surface area contributed by atoms with Gasteiger partial charge in [-0.05, 0) is 13.8 Å². The lowest BCUT2D eigenvalue weighted by atomic mass is 10.3. The van der Waals surface area contributed by atoms with Crippen molar-refractivity contribution in [2.24, 2.45) is 0 Å². The Morgan fingerprint density at radius 1 is 1.50 bits per heavy atom. The van der Waals surface area contributed by atoms with Gasteiger partial charge in [0.05, 0.1) is 13.0 Å². The van der Waals surface area contributed by atoms with Gasteiger partial charge in [0.15, 0.2) is 0 Å². The number of rotatable bonds is 4. The lowest BCUT2D eigenvalue weighted by molar-refractivity contribution is -0.143. The van der Waals surface area contributed by atoms with Gasteiger partial charge in [0, 0.05) is 18.3 Å². The van der Waals surface area contributed by atoms with Gasteiger partial charge < -0.3 is 4.74 Å². The van der Waals surface area contributed by atoms with Gasteiger partial charge in [-0.3, -0.25) is 19.1 Å². The third-order valence-corrected chi connectivity index (χ3v) is 2.05. The van der Waals surface area contributed by atoms with E-state index >= 15 is 0 Å². The summed E-state index contributed by atoms with van der Waals surface area (Å²) in [6, 6.07) is 0. The van der Waals surface area contributed by atoms with Crippen molar-refractivity contribution in [3.05, 3.63) is 32.6 Å². The van der Waals surface area contributed by atoms with Crippen LogP contribution in [0.25, 0.3) is 0 Å². The molecule has 1 aromatic heterocycles. The molecule has 0 bridgehead atoms. The monoisotopic (exact) mass is 226 g/mol. The van der Waals surface area contributed by atoms with Crippen LogP contribution >= 0.6 is 0 Å². The predicted octanol–water partition coefficient (Wildman–Crippen LogP) is -0.202. The van der Waals surface area contributed by atoms with Crippen molar-refractivity contribution in [1.82, 2.24) is 9.55 Å². The topological polar surface area (TPSA) is 81.2 Å². The lowest BCUT2D eigenvalue weighted by Crippen LogP contribution is -2.31. The van der Waals surface area contributed by atoms with Crippen LogP contribution in [0.4, 0.5) is 0 Å². The summed E-state index contributed by atoms with van der Waals surface area (Å²) in [5, 5.41) is 0.